The Balaban J connectivity index is 1.47. The van der Waals surface area contributed by atoms with Crippen LogP contribution in [0.3, 0.4) is 0 Å². The van der Waals surface area contributed by atoms with Crippen LogP contribution >= 0.6 is 11.8 Å². The van der Waals surface area contributed by atoms with Crippen LogP contribution in [0, 0.1) is 0 Å². The molecule has 1 aliphatic carbocycles. The monoisotopic (exact) mass is 474 g/mol. The van der Waals surface area contributed by atoms with Crippen LogP contribution in [0.5, 0.6) is 0 Å². The summed E-state index contributed by atoms with van der Waals surface area (Å²) in [5.74, 6) is -3.68. The number of hydrogen-bond donors (Lipinski definition) is 1. The van der Waals surface area contributed by atoms with Crippen molar-refractivity contribution in [1.29, 1.82) is 0 Å². The van der Waals surface area contributed by atoms with Crippen molar-refractivity contribution >= 4 is 29.5 Å². The van der Waals surface area contributed by atoms with E-state index in [9.17, 15) is 23.2 Å². The SMILES string of the molecule is CCS[C@@H]1C[C@@H](C(=O)OC)N(C(=O)CNC(=O)c2ccc3c(c2)-c2ccccc2C3(F)F)C1. The number of benzene rings is 2. The van der Waals surface area contributed by atoms with E-state index in [1.54, 1.807) is 30.0 Å². The number of fused-ring (bicyclic) bond motifs is 3. The van der Waals surface area contributed by atoms with Gasteiger partial charge in [0.15, 0.2) is 0 Å². The average Bonchev–Trinajstić information content (AvgIpc) is 3.34. The Morgan fingerprint density at radius 3 is 2.61 bits per heavy atom. The van der Waals surface area contributed by atoms with Crippen molar-refractivity contribution in [2.75, 3.05) is 26.0 Å². The lowest BCUT2D eigenvalue weighted by atomic mass is 10.0. The third-order valence-electron chi connectivity index (χ3n) is 6.03. The van der Waals surface area contributed by atoms with Gasteiger partial charge in [0.2, 0.25) is 5.91 Å². The molecule has 174 valence electrons. The minimum absolute atomic E-state index is 0.0878. The quantitative estimate of drug-likeness (QED) is 0.650. The molecule has 4 rings (SSSR count). The molecule has 0 unspecified atom stereocenters. The van der Waals surface area contributed by atoms with Gasteiger partial charge < -0.3 is 15.0 Å². The highest BCUT2D eigenvalue weighted by Gasteiger charge is 2.44. The predicted octanol–water partition coefficient (Wildman–Crippen LogP) is 3.43. The van der Waals surface area contributed by atoms with E-state index in [0.29, 0.717) is 24.1 Å². The van der Waals surface area contributed by atoms with E-state index in [2.05, 4.69) is 5.32 Å². The molecule has 2 aliphatic rings. The van der Waals surface area contributed by atoms with E-state index < -0.39 is 29.7 Å². The Morgan fingerprint density at radius 1 is 1.15 bits per heavy atom. The first-order valence-corrected chi connectivity index (χ1v) is 11.7. The number of carbonyl (C=O) groups excluding carboxylic acids is 3. The van der Waals surface area contributed by atoms with Gasteiger partial charge in [-0.3, -0.25) is 9.59 Å². The van der Waals surface area contributed by atoms with E-state index in [0.717, 1.165) is 5.75 Å². The van der Waals surface area contributed by atoms with Crippen molar-refractivity contribution in [2.45, 2.75) is 30.6 Å². The van der Waals surface area contributed by atoms with Crippen molar-refractivity contribution in [3.05, 3.63) is 59.2 Å². The Kier molecular flexibility index (Phi) is 6.43. The molecule has 1 saturated heterocycles. The predicted molar refractivity (Wildman–Crippen MR) is 121 cm³/mol. The third kappa shape index (κ3) is 4.21. The van der Waals surface area contributed by atoms with Crippen LogP contribution in [-0.2, 0) is 20.2 Å². The highest BCUT2D eigenvalue weighted by Crippen LogP contribution is 2.50. The highest BCUT2D eigenvalue weighted by molar-refractivity contribution is 7.99. The molecule has 1 aliphatic heterocycles. The molecule has 0 aromatic heterocycles. The summed E-state index contributed by atoms with van der Waals surface area (Å²) in [7, 11) is 1.28. The summed E-state index contributed by atoms with van der Waals surface area (Å²) in [6, 6.07) is 9.55. The van der Waals surface area contributed by atoms with Crippen molar-refractivity contribution < 1.29 is 27.9 Å². The summed E-state index contributed by atoms with van der Waals surface area (Å²) in [4.78, 5) is 39.1. The maximum atomic E-state index is 14.7. The van der Waals surface area contributed by atoms with Crippen molar-refractivity contribution in [1.82, 2.24) is 10.2 Å². The number of amides is 2. The van der Waals surface area contributed by atoms with Gasteiger partial charge in [-0.25, -0.2) is 4.79 Å². The fraction of sp³-hybridized carbons (Fsp3) is 0.375. The van der Waals surface area contributed by atoms with Crippen LogP contribution in [0.2, 0.25) is 0 Å². The number of thioether (sulfide) groups is 1. The van der Waals surface area contributed by atoms with Crippen LogP contribution in [0.1, 0.15) is 34.8 Å². The molecular weight excluding hydrogens is 450 g/mol. The van der Waals surface area contributed by atoms with Gasteiger partial charge >= 0.3 is 5.97 Å². The smallest absolute Gasteiger partial charge is 0.328 e. The van der Waals surface area contributed by atoms with Gasteiger partial charge in [0.25, 0.3) is 11.8 Å². The summed E-state index contributed by atoms with van der Waals surface area (Å²) in [5.41, 5.74) is 0.642. The van der Waals surface area contributed by atoms with E-state index >= 15 is 0 Å². The normalized spacial score (nSPS) is 20.2. The molecule has 2 amide bonds. The zero-order valence-electron chi connectivity index (χ0n) is 18.3. The highest BCUT2D eigenvalue weighted by atomic mass is 32.2. The number of carbonyl (C=O) groups is 3. The number of nitrogens with one attached hydrogen (secondary N) is 1. The topological polar surface area (TPSA) is 75.7 Å². The van der Waals surface area contributed by atoms with Crippen molar-refractivity contribution in [3.63, 3.8) is 0 Å². The van der Waals surface area contributed by atoms with E-state index in [-0.39, 0.29) is 28.5 Å². The number of esters is 1. The lowest BCUT2D eigenvalue weighted by Gasteiger charge is -2.22. The molecule has 1 N–H and O–H groups in total. The average molecular weight is 475 g/mol. The first kappa shape index (κ1) is 23.2. The molecule has 2 aromatic rings. The Morgan fingerprint density at radius 2 is 1.88 bits per heavy atom. The summed E-state index contributed by atoms with van der Waals surface area (Å²) in [6.07, 6.45) is 0.503. The maximum Gasteiger partial charge on any atom is 0.328 e. The molecular formula is C24H24F2N2O4S. The standard InChI is InChI=1S/C24H24F2N2O4S/c1-3-33-15-11-20(23(31)32-2)28(13-15)21(29)12-27-22(30)14-8-9-19-17(10-14)16-6-4-5-7-18(16)24(19,25)26/h4-10,15,20H,3,11-13H2,1-2H3,(H,27,30)/t15-,20+/m1/s1. The fourth-order valence-electron chi connectivity index (χ4n) is 4.47. The second-order valence-corrected chi connectivity index (χ2v) is 9.54. The number of halogens is 2. The Labute approximate surface area is 194 Å². The molecule has 1 fully saturated rings. The molecule has 0 saturated carbocycles. The summed E-state index contributed by atoms with van der Waals surface area (Å²) in [6.45, 7) is 2.10. The van der Waals surface area contributed by atoms with Crippen LogP contribution < -0.4 is 5.32 Å². The van der Waals surface area contributed by atoms with Crippen LogP contribution in [0.4, 0.5) is 8.78 Å². The molecule has 1 heterocycles. The minimum Gasteiger partial charge on any atom is -0.467 e. The summed E-state index contributed by atoms with van der Waals surface area (Å²) < 4.78 is 34.3. The third-order valence-corrected chi connectivity index (χ3v) is 7.18. The largest absolute Gasteiger partial charge is 0.467 e. The van der Waals surface area contributed by atoms with E-state index in [1.807, 2.05) is 6.92 Å². The number of nitrogens with zero attached hydrogens (tertiary/aromatic N) is 1. The number of rotatable bonds is 6. The van der Waals surface area contributed by atoms with E-state index in [4.69, 9.17) is 4.74 Å². The number of likely N-dealkylation sites (tertiary alicyclic amines) is 1. The first-order chi connectivity index (χ1) is 15.8. The van der Waals surface area contributed by atoms with E-state index in [1.165, 1.54) is 36.3 Å². The van der Waals surface area contributed by atoms with Crippen LogP contribution in [0.15, 0.2) is 42.5 Å². The van der Waals surface area contributed by atoms with Gasteiger partial charge in [-0.05, 0) is 35.4 Å². The molecule has 2 aromatic carbocycles. The summed E-state index contributed by atoms with van der Waals surface area (Å²) in [5, 5.41) is 2.68. The first-order valence-electron chi connectivity index (χ1n) is 10.7. The van der Waals surface area contributed by atoms with Gasteiger partial charge in [0, 0.05) is 28.5 Å². The lowest BCUT2D eigenvalue weighted by molar-refractivity contribution is -0.150. The minimum atomic E-state index is -3.12. The molecule has 2 atom stereocenters. The zero-order chi connectivity index (χ0) is 23.8. The van der Waals surface area contributed by atoms with Gasteiger partial charge in [-0.1, -0.05) is 37.3 Å². The van der Waals surface area contributed by atoms with Gasteiger partial charge in [-0.2, -0.15) is 20.5 Å². The molecule has 0 radical (unpaired) electrons. The molecule has 6 nitrogen and oxygen atoms in total. The maximum absolute atomic E-state index is 14.7. The Hall–Kier alpha value is -2.94. The van der Waals surface area contributed by atoms with Crippen LogP contribution in [0.25, 0.3) is 11.1 Å². The summed E-state index contributed by atoms with van der Waals surface area (Å²) >= 11 is 1.67. The van der Waals surface area contributed by atoms with Crippen molar-refractivity contribution in [3.8, 4) is 11.1 Å². The number of hydrogen-bond acceptors (Lipinski definition) is 5. The van der Waals surface area contributed by atoms with Gasteiger partial charge in [0.1, 0.15) is 6.04 Å². The molecule has 9 heteroatoms. The fourth-order valence-corrected chi connectivity index (χ4v) is 5.52. The van der Waals surface area contributed by atoms with Gasteiger partial charge in [-0.15, -0.1) is 0 Å². The molecule has 0 bridgehead atoms. The van der Waals surface area contributed by atoms with Crippen molar-refractivity contribution in [2.24, 2.45) is 0 Å². The zero-order valence-corrected chi connectivity index (χ0v) is 19.1. The number of methoxy groups -OCH3 is 1. The van der Waals surface area contributed by atoms with Gasteiger partial charge in [0.05, 0.1) is 13.7 Å². The van der Waals surface area contributed by atoms with Crippen LogP contribution in [-0.4, -0.2) is 59.9 Å². The lowest BCUT2D eigenvalue weighted by Crippen LogP contribution is -2.46. The second-order valence-electron chi connectivity index (χ2n) is 7.96. The second kappa shape index (κ2) is 9.13. The number of ether oxygens (including phenoxy) is 1. The molecule has 0 spiro atoms. The number of alkyl halides is 2. The Bertz CT molecular complexity index is 1110. The molecule has 33 heavy (non-hydrogen) atoms.